The van der Waals surface area contributed by atoms with E-state index in [1.807, 2.05) is 6.07 Å². The minimum absolute atomic E-state index is 0.762. The highest BCUT2D eigenvalue weighted by Crippen LogP contribution is 2.29. The van der Waals surface area contributed by atoms with E-state index in [0.29, 0.717) is 0 Å². The van der Waals surface area contributed by atoms with Gasteiger partial charge in [-0.1, -0.05) is 30.0 Å². The van der Waals surface area contributed by atoms with E-state index in [2.05, 4.69) is 26.8 Å². The Morgan fingerprint density at radius 1 is 1.08 bits per heavy atom. The molecule has 1 aromatic rings. The molecule has 26 heavy (non-hydrogen) atoms. The Kier molecular flexibility index (Phi) is 7.39. The van der Waals surface area contributed by atoms with Crippen LogP contribution in [0.25, 0.3) is 0 Å². The van der Waals surface area contributed by atoms with Gasteiger partial charge in [-0.25, -0.2) is 0 Å². The van der Waals surface area contributed by atoms with E-state index >= 15 is 0 Å². The van der Waals surface area contributed by atoms with Crippen molar-refractivity contribution < 1.29 is 14.2 Å². The number of benzene rings is 1. The van der Waals surface area contributed by atoms with Crippen molar-refractivity contribution in [2.75, 3.05) is 66.2 Å². The zero-order chi connectivity index (χ0) is 18.4. The molecule has 3 rings (SSSR count). The second-order valence-electron chi connectivity index (χ2n) is 6.42. The lowest BCUT2D eigenvalue weighted by Gasteiger charge is -2.38. The molecule has 0 atom stereocenters. The average Bonchev–Trinajstić information content (AvgIpc) is 2.69. The molecule has 144 valence electrons. The maximum atomic E-state index is 5.57. The minimum atomic E-state index is 0.762. The standard InChI is InChI=1S/C18H27N3O3S2/c1-22-16-4-3-15(11-17(16)23-2)12-20-13-21(18(25)26-14-20)6-5-19-7-9-24-10-8-19/h3-4,11H,5-10,12-14H2,1-2H3. The molecule has 1 aromatic carbocycles. The summed E-state index contributed by atoms with van der Waals surface area (Å²) in [6.45, 7) is 7.44. The van der Waals surface area contributed by atoms with Gasteiger partial charge in [0.2, 0.25) is 0 Å². The molecular weight excluding hydrogens is 370 g/mol. The highest BCUT2D eigenvalue weighted by atomic mass is 32.2. The van der Waals surface area contributed by atoms with Crippen LogP contribution in [0.2, 0.25) is 0 Å². The molecule has 0 N–H and O–H groups in total. The summed E-state index contributed by atoms with van der Waals surface area (Å²) in [5.41, 5.74) is 1.21. The van der Waals surface area contributed by atoms with Crippen LogP contribution in [0.3, 0.4) is 0 Å². The lowest BCUT2D eigenvalue weighted by Crippen LogP contribution is -2.48. The van der Waals surface area contributed by atoms with Gasteiger partial charge in [-0.15, -0.1) is 0 Å². The highest BCUT2D eigenvalue weighted by molar-refractivity contribution is 8.22. The Bertz CT molecular complexity index is 611. The van der Waals surface area contributed by atoms with Crippen molar-refractivity contribution in [1.29, 1.82) is 0 Å². The number of methoxy groups -OCH3 is 2. The SMILES string of the molecule is COc1ccc(CN2CSC(=S)N(CCN3CCOCC3)C2)cc1OC. The number of hydrogen-bond donors (Lipinski definition) is 0. The van der Waals surface area contributed by atoms with E-state index in [9.17, 15) is 0 Å². The molecule has 0 amide bonds. The van der Waals surface area contributed by atoms with Crippen LogP contribution in [0.4, 0.5) is 0 Å². The topological polar surface area (TPSA) is 37.4 Å². The van der Waals surface area contributed by atoms with Gasteiger partial charge in [-0.2, -0.15) is 0 Å². The quantitative estimate of drug-likeness (QED) is 0.648. The van der Waals surface area contributed by atoms with Crippen LogP contribution in [0.15, 0.2) is 18.2 Å². The minimum Gasteiger partial charge on any atom is -0.493 e. The summed E-state index contributed by atoms with van der Waals surface area (Å²) < 4.78 is 17.2. The Labute approximate surface area is 165 Å². The van der Waals surface area contributed by atoms with E-state index in [-0.39, 0.29) is 0 Å². The van der Waals surface area contributed by atoms with Crippen LogP contribution in [0.1, 0.15) is 5.56 Å². The molecule has 2 aliphatic rings. The van der Waals surface area contributed by atoms with Crippen LogP contribution >= 0.6 is 24.0 Å². The summed E-state index contributed by atoms with van der Waals surface area (Å²) >= 11 is 7.31. The van der Waals surface area contributed by atoms with Crippen molar-refractivity contribution in [2.24, 2.45) is 0 Å². The summed E-state index contributed by atoms with van der Waals surface area (Å²) in [6, 6.07) is 6.11. The highest BCUT2D eigenvalue weighted by Gasteiger charge is 2.23. The summed E-state index contributed by atoms with van der Waals surface area (Å²) in [5, 5.41) is 0. The molecule has 0 radical (unpaired) electrons. The predicted octanol–water partition coefficient (Wildman–Crippen LogP) is 2.09. The van der Waals surface area contributed by atoms with Crippen LogP contribution in [0, 0.1) is 0 Å². The largest absolute Gasteiger partial charge is 0.493 e. The Hall–Kier alpha value is -1.06. The van der Waals surface area contributed by atoms with E-state index in [4.69, 9.17) is 26.4 Å². The Morgan fingerprint density at radius 3 is 2.58 bits per heavy atom. The predicted molar refractivity (Wildman–Crippen MR) is 109 cm³/mol. The van der Waals surface area contributed by atoms with Crippen molar-refractivity contribution in [2.45, 2.75) is 6.54 Å². The molecule has 0 spiro atoms. The Morgan fingerprint density at radius 2 is 1.85 bits per heavy atom. The fraction of sp³-hybridized carbons (Fsp3) is 0.611. The van der Waals surface area contributed by atoms with Crippen LogP contribution in [-0.2, 0) is 11.3 Å². The lowest BCUT2D eigenvalue weighted by molar-refractivity contribution is 0.0344. The fourth-order valence-corrected chi connectivity index (χ4v) is 4.26. The molecule has 2 heterocycles. The maximum absolute atomic E-state index is 5.57. The molecule has 2 saturated heterocycles. The van der Waals surface area contributed by atoms with Gasteiger partial charge < -0.3 is 19.1 Å². The number of hydrogen-bond acceptors (Lipinski definition) is 7. The smallest absolute Gasteiger partial charge is 0.161 e. The van der Waals surface area contributed by atoms with Crippen LogP contribution in [0.5, 0.6) is 11.5 Å². The molecule has 2 fully saturated rings. The van der Waals surface area contributed by atoms with Gasteiger partial charge >= 0.3 is 0 Å². The van der Waals surface area contributed by atoms with Crippen molar-refractivity contribution in [3.05, 3.63) is 23.8 Å². The van der Waals surface area contributed by atoms with E-state index < -0.39 is 0 Å². The normalized spacial score (nSPS) is 19.6. The zero-order valence-corrected chi connectivity index (χ0v) is 17.1. The lowest BCUT2D eigenvalue weighted by atomic mass is 10.2. The van der Waals surface area contributed by atoms with Crippen molar-refractivity contribution >= 4 is 28.3 Å². The van der Waals surface area contributed by atoms with Crippen LogP contribution < -0.4 is 9.47 Å². The second kappa shape index (κ2) is 9.75. The molecule has 0 saturated carbocycles. The summed E-state index contributed by atoms with van der Waals surface area (Å²) in [4.78, 5) is 7.16. The number of nitrogens with zero attached hydrogens (tertiary/aromatic N) is 3. The fourth-order valence-electron chi connectivity index (χ4n) is 3.16. The summed E-state index contributed by atoms with van der Waals surface area (Å²) in [5.74, 6) is 2.45. The molecule has 6 nitrogen and oxygen atoms in total. The first kappa shape index (κ1) is 19.7. The van der Waals surface area contributed by atoms with Gasteiger partial charge in [0.25, 0.3) is 0 Å². The second-order valence-corrected chi connectivity index (χ2v) is 8.00. The molecule has 8 heteroatoms. The first-order valence-corrected chi connectivity index (χ1v) is 10.2. The van der Waals surface area contributed by atoms with Gasteiger partial charge in [0.15, 0.2) is 11.5 Å². The Balaban J connectivity index is 1.54. The number of thioether (sulfide) groups is 1. The third-order valence-corrected chi connectivity index (χ3v) is 6.25. The number of thiocarbonyl (C=S) groups is 1. The zero-order valence-electron chi connectivity index (χ0n) is 15.5. The van der Waals surface area contributed by atoms with Crippen molar-refractivity contribution in [3.63, 3.8) is 0 Å². The monoisotopic (exact) mass is 397 g/mol. The summed E-state index contributed by atoms with van der Waals surface area (Å²) in [7, 11) is 3.33. The van der Waals surface area contributed by atoms with Gasteiger partial charge in [0, 0.05) is 32.7 Å². The first-order chi connectivity index (χ1) is 12.7. The van der Waals surface area contributed by atoms with Gasteiger partial charge in [-0.3, -0.25) is 9.80 Å². The molecule has 0 aliphatic carbocycles. The van der Waals surface area contributed by atoms with E-state index in [0.717, 1.165) is 74.3 Å². The van der Waals surface area contributed by atoms with Gasteiger partial charge in [0.05, 0.1) is 40.0 Å². The maximum Gasteiger partial charge on any atom is 0.161 e. The van der Waals surface area contributed by atoms with Crippen molar-refractivity contribution in [1.82, 2.24) is 14.7 Å². The summed E-state index contributed by atoms with van der Waals surface area (Å²) in [6.07, 6.45) is 0. The molecular formula is C18H27N3O3S2. The number of ether oxygens (including phenoxy) is 3. The molecule has 0 bridgehead atoms. The third-order valence-electron chi connectivity index (χ3n) is 4.64. The van der Waals surface area contributed by atoms with Crippen molar-refractivity contribution in [3.8, 4) is 11.5 Å². The molecule has 0 aromatic heterocycles. The van der Waals surface area contributed by atoms with Crippen LogP contribution in [-0.4, -0.2) is 85.2 Å². The van der Waals surface area contributed by atoms with E-state index in [1.165, 1.54) is 5.56 Å². The third kappa shape index (κ3) is 5.23. The van der Waals surface area contributed by atoms with Gasteiger partial charge in [-0.05, 0) is 17.7 Å². The average molecular weight is 398 g/mol. The number of morpholine rings is 1. The van der Waals surface area contributed by atoms with E-state index in [1.54, 1.807) is 26.0 Å². The molecule has 0 unspecified atom stereocenters. The number of rotatable bonds is 7. The first-order valence-electron chi connectivity index (χ1n) is 8.84. The molecule has 2 aliphatic heterocycles. The van der Waals surface area contributed by atoms with Gasteiger partial charge in [0.1, 0.15) is 4.32 Å².